The highest BCUT2D eigenvalue weighted by Crippen LogP contribution is 2.31. The molecule has 0 aromatic heterocycles. The number of ether oxygens (including phenoxy) is 2. The van der Waals surface area contributed by atoms with Crippen molar-refractivity contribution in [3.63, 3.8) is 0 Å². The van der Waals surface area contributed by atoms with E-state index < -0.39 is 11.9 Å². The number of benzene rings is 2. The van der Waals surface area contributed by atoms with Gasteiger partial charge in [-0.05, 0) is 86.8 Å². The first-order valence-corrected chi connectivity index (χ1v) is 11.6. The molecular formula is C30H32O4. The summed E-state index contributed by atoms with van der Waals surface area (Å²) in [5.41, 5.74) is 2.95. The molecule has 0 heterocycles. The maximum atomic E-state index is 11.6. The Labute approximate surface area is 202 Å². The van der Waals surface area contributed by atoms with E-state index in [2.05, 4.69) is 37.5 Å². The van der Waals surface area contributed by atoms with E-state index in [0.29, 0.717) is 34.5 Å². The summed E-state index contributed by atoms with van der Waals surface area (Å²) in [5, 5.41) is 0. The van der Waals surface area contributed by atoms with Gasteiger partial charge in [-0.2, -0.15) is 0 Å². The van der Waals surface area contributed by atoms with E-state index >= 15 is 0 Å². The Morgan fingerprint density at radius 2 is 1.00 bits per heavy atom. The van der Waals surface area contributed by atoms with Crippen LogP contribution in [0.1, 0.15) is 50.7 Å². The summed E-state index contributed by atoms with van der Waals surface area (Å²) in [6.07, 6.45) is 13.5. The van der Waals surface area contributed by atoms with Crippen LogP contribution in [0.25, 0.3) is 12.2 Å². The van der Waals surface area contributed by atoms with Gasteiger partial charge in [-0.15, -0.1) is 0 Å². The standard InChI is InChI=1S/C30H32O4/c1-21(2)29(31)33-27-17-13-25(14-18-27)11-9-23-5-7-24(8-6-23)10-12-26-15-19-28(20-16-26)34-30(32)22(3)4/h9-20,23-24H,1,3,5-8H2,2,4H3/b11-9+,12-10+. The van der Waals surface area contributed by atoms with Crippen molar-refractivity contribution < 1.29 is 19.1 Å². The number of carbonyl (C=O) groups excluding carboxylic acids is 2. The molecule has 4 nitrogen and oxygen atoms in total. The second-order valence-electron chi connectivity index (χ2n) is 8.87. The molecule has 0 bridgehead atoms. The number of esters is 2. The third-order valence-electron chi connectivity index (χ3n) is 5.82. The van der Waals surface area contributed by atoms with Gasteiger partial charge >= 0.3 is 11.9 Å². The van der Waals surface area contributed by atoms with Crippen molar-refractivity contribution in [2.24, 2.45) is 11.8 Å². The summed E-state index contributed by atoms with van der Waals surface area (Å²) < 4.78 is 10.5. The van der Waals surface area contributed by atoms with Gasteiger partial charge < -0.3 is 9.47 Å². The zero-order valence-corrected chi connectivity index (χ0v) is 20.0. The lowest BCUT2D eigenvalue weighted by atomic mass is 9.81. The second-order valence-corrected chi connectivity index (χ2v) is 8.87. The maximum Gasteiger partial charge on any atom is 0.338 e. The van der Waals surface area contributed by atoms with Gasteiger partial charge in [0.25, 0.3) is 0 Å². The van der Waals surface area contributed by atoms with Gasteiger partial charge in [0.15, 0.2) is 0 Å². The van der Waals surface area contributed by atoms with Crippen molar-refractivity contribution >= 4 is 24.1 Å². The van der Waals surface area contributed by atoms with Crippen LogP contribution < -0.4 is 9.47 Å². The van der Waals surface area contributed by atoms with E-state index in [9.17, 15) is 9.59 Å². The van der Waals surface area contributed by atoms with E-state index in [0.717, 1.165) is 36.8 Å². The molecule has 2 aromatic rings. The van der Waals surface area contributed by atoms with Gasteiger partial charge in [0.05, 0.1) is 0 Å². The third-order valence-corrected chi connectivity index (χ3v) is 5.82. The van der Waals surface area contributed by atoms with Crippen molar-refractivity contribution in [1.29, 1.82) is 0 Å². The van der Waals surface area contributed by atoms with E-state index in [1.165, 1.54) is 0 Å². The molecule has 0 radical (unpaired) electrons. The number of hydrogen-bond acceptors (Lipinski definition) is 4. The number of rotatable bonds is 8. The molecule has 0 aliphatic heterocycles. The lowest BCUT2D eigenvalue weighted by Crippen LogP contribution is -2.11. The summed E-state index contributed by atoms with van der Waals surface area (Å²) in [7, 11) is 0. The summed E-state index contributed by atoms with van der Waals surface area (Å²) in [6, 6.07) is 15.0. The highest BCUT2D eigenvalue weighted by Gasteiger charge is 2.17. The zero-order valence-electron chi connectivity index (χ0n) is 20.0. The Bertz CT molecular complexity index is 990. The molecule has 0 unspecified atom stereocenters. The van der Waals surface area contributed by atoms with Gasteiger partial charge in [-0.3, -0.25) is 0 Å². The first-order valence-electron chi connectivity index (χ1n) is 11.6. The van der Waals surface area contributed by atoms with Gasteiger partial charge in [0, 0.05) is 11.1 Å². The minimum absolute atomic E-state index is 0.383. The monoisotopic (exact) mass is 456 g/mol. The Hall–Kier alpha value is -3.66. The molecular weight excluding hydrogens is 424 g/mol. The quantitative estimate of drug-likeness (QED) is 0.240. The van der Waals surface area contributed by atoms with Gasteiger partial charge in [0.1, 0.15) is 11.5 Å². The van der Waals surface area contributed by atoms with Crippen LogP contribution in [0.4, 0.5) is 0 Å². The van der Waals surface area contributed by atoms with Crippen molar-refractivity contribution in [3.8, 4) is 11.5 Å². The van der Waals surface area contributed by atoms with Crippen LogP contribution in [0.15, 0.2) is 85.0 Å². The molecule has 0 atom stereocenters. The van der Waals surface area contributed by atoms with Crippen molar-refractivity contribution in [1.82, 2.24) is 0 Å². The molecule has 34 heavy (non-hydrogen) atoms. The third kappa shape index (κ3) is 7.73. The first kappa shape index (κ1) is 25.0. The van der Waals surface area contributed by atoms with Gasteiger partial charge in [-0.25, -0.2) is 9.59 Å². The topological polar surface area (TPSA) is 52.6 Å². The zero-order chi connectivity index (χ0) is 24.5. The highest BCUT2D eigenvalue weighted by atomic mass is 16.5. The molecule has 0 N–H and O–H groups in total. The van der Waals surface area contributed by atoms with Crippen LogP contribution >= 0.6 is 0 Å². The number of hydrogen-bond donors (Lipinski definition) is 0. The van der Waals surface area contributed by atoms with E-state index in [4.69, 9.17) is 9.47 Å². The molecule has 1 fully saturated rings. The molecule has 176 valence electrons. The second kappa shape index (κ2) is 12.0. The predicted molar refractivity (Wildman–Crippen MR) is 137 cm³/mol. The van der Waals surface area contributed by atoms with E-state index in [1.54, 1.807) is 38.1 Å². The first-order chi connectivity index (χ1) is 16.3. The van der Waals surface area contributed by atoms with E-state index in [1.807, 2.05) is 24.3 Å². The van der Waals surface area contributed by atoms with Crippen molar-refractivity contribution in [2.45, 2.75) is 39.5 Å². The number of carbonyl (C=O) groups is 2. The van der Waals surface area contributed by atoms with Crippen LogP contribution in [0.2, 0.25) is 0 Å². The minimum atomic E-state index is -0.407. The normalized spacial score (nSPS) is 18.1. The lowest BCUT2D eigenvalue weighted by molar-refractivity contribution is -0.130. The summed E-state index contributed by atoms with van der Waals surface area (Å²) >= 11 is 0. The predicted octanol–water partition coefficient (Wildman–Crippen LogP) is 7.18. The van der Waals surface area contributed by atoms with Crippen LogP contribution in [0.3, 0.4) is 0 Å². The van der Waals surface area contributed by atoms with Crippen molar-refractivity contribution in [2.75, 3.05) is 0 Å². The largest absolute Gasteiger partial charge is 0.423 e. The smallest absolute Gasteiger partial charge is 0.338 e. The van der Waals surface area contributed by atoms with Crippen molar-refractivity contribution in [3.05, 3.63) is 96.1 Å². The lowest BCUT2D eigenvalue weighted by Gasteiger charge is -2.24. The molecule has 0 spiro atoms. The fourth-order valence-corrected chi connectivity index (χ4v) is 3.71. The average Bonchev–Trinajstić information content (AvgIpc) is 2.83. The van der Waals surface area contributed by atoms with Crippen LogP contribution in [0, 0.1) is 11.8 Å². The summed E-state index contributed by atoms with van der Waals surface area (Å²) in [4.78, 5) is 23.2. The molecule has 1 saturated carbocycles. The van der Waals surface area contributed by atoms with Crippen LogP contribution in [-0.2, 0) is 9.59 Å². The Balaban J connectivity index is 1.44. The average molecular weight is 457 g/mol. The molecule has 0 amide bonds. The molecule has 0 saturated heterocycles. The van der Waals surface area contributed by atoms with E-state index in [-0.39, 0.29) is 0 Å². The van der Waals surface area contributed by atoms with Gasteiger partial charge in [0.2, 0.25) is 0 Å². The molecule has 4 heteroatoms. The fraction of sp³-hybridized carbons (Fsp3) is 0.267. The van der Waals surface area contributed by atoms with Gasteiger partial charge in [-0.1, -0.05) is 61.7 Å². The Kier molecular flexibility index (Phi) is 8.80. The maximum absolute atomic E-state index is 11.6. The molecule has 1 aliphatic rings. The Morgan fingerprint density at radius 3 is 1.29 bits per heavy atom. The van der Waals surface area contributed by atoms with Crippen LogP contribution in [-0.4, -0.2) is 11.9 Å². The summed E-state index contributed by atoms with van der Waals surface area (Å²) in [6.45, 7) is 10.4. The SMILES string of the molecule is C=C(C)C(=O)Oc1ccc(/C=C/C2CCC(/C=C/c3ccc(OC(=O)C(=C)C)cc3)CC2)cc1. The minimum Gasteiger partial charge on any atom is -0.423 e. The number of allylic oxidation sites excluding steroid dienone is 2. The van der Waals surface area contributed by atoms with Crippen LogP contribution in [0.5, 0.6) is 11.5 Å². The molecule has 2 aromatic carbocycles. The fourth-order valence-electron chi connectivity index (χ4n) is 3.71. The molecule has 3 rings (SSSR count). The Morgan fingerprint density at radius 1 is 0.676 bits per heavy atom. The summed E-state index contributed by atoms with van der Waals surface area (Å²) in [5.74, 6) is 1.39. The highest BCUT2D eigenvalue weighted by molar-refractivity contribution is 5.89. The molecule has 1 aliphatic carbocycles.